The molecule has 6 nitrogen and oxygen atoms in total. The first kappa shape index (κ1) is 12.4. The largest absolute Gasteiger partial charge is 0.399 e. The Morgan fingerprint density at radius 3 is 2.78 bits per heavy atom. The number of nitrogens with zero attached hydrogens (tertiary/aromatic N) is 1. The van der Waals surface area contributed by atoms with E-state index in [0.717, 1.165) is 6.07 Å². The van der Waals surface area contributed by atoms with E-state index in [1.165, 1.54) is 25.4 Å². The van der Waals surface area contributed by atoms with Gasteiger partial charge in [0.25, 0.3) is 10.0 Å². The third kappa shape index (κ3) is 2.28. The standard InChI is InChI=1S/C10H11FN4O2S/c1-6-9(11)2-7(12)3-10(6)18(16,17)15-8-4-13-14-5-8/h2-5,15H,12H2,1H3,(H,13,14). The summed E-state index contributed by atoms with van der Waals surface area (Å²) in [5.74, 6) is -0.664. The second-order valence-corrected chi connectivity index (χ2v) is 5.37. The van der Waals surface area contributed by atoms with Crippen molar-refractivity contribution in [3.8, 4) is 0 Å². The van der Waals surface area contributed by atoms with E-state index in [1.807, 2.05) is 0 Å². The minimum Gasteiger partial charge on any atom is -0.399 e. The number of halogens is 1. The van der Waals surface area contributed by atoms with Gasteiger partial charge in [-0.05, 0) is 19.1 Å². The van der Waals surface area contributed by atoms with Crippen molar-refractivity contribution in [3.63, 3.8) is 0 Å². The fraction of sp³-hybridized carbons (Fsp3) is 0.100. The second kappa shape index (κ2) is 4.30. The summed E-state index contributed by atoms with van der Waals surface area (Å²) in [6.45, 7) is 1.37. The molecule has 4 N–H and O–H groups in total. The first-order chi connectivity index (χ1) is 8.40. The molecule has 0 aliphatic carbocycles. The van der Waals surface area contributed by atoms with E-state index in [2.05, 4.69) is 14.9 Å². The lowest BCUT2D eigenvalue weighted by Crippen LogP contribution is -2.15. The summed E-state index contributed by atoms with van der Waals surface area (Å²) >= 11 is 0. The Balaban J connectivity index is 2.48. The molecular weight excluding hydrogens is 259 g/mol. The minimum atomic E-state index is -3.89. The monoisotopic (exact) mass is 270 g/mol. The zero-order valence-electron chi connectivity index (χ0n) is 9.44. The minimum absolute atomic E-state index is 0.0141. The summed E-state index contributed by atoms with van der Waals surface area (Å²) in [6, 6.07) is 2.28. The maximum atomic E-state index is 13.5. The van der Waals surface area contributed by atoms with Crippen LogP contribution in [0.15, 0.2) is 29.4 Å². The van der Waals surface area contributed by atoms with Crippen molar-refractivity contribution in [1.82, 2.24) is 10.2 Å². The van der Waals surface area contributed by atoms with Crippen LogP contribution in [0.1, 0.15) is 5.56 Å². The molecule has 1 heterocycles. The molecule has 1 aromatic carbocycles. The van der Waals surface area contributed by atoms with E-state index in [4.69, 9.17) is 5.73 Å². The van der Waals surface area contributed by atoms with Crippen LogP contribution in [0.25, 0.3) is 0 Å². The highest BCUT2D eigenvalue weighted by molar-refractivity contribution is 7.92. The summed E-state index contributed by atoms with van der Waals surface area (Å²) in [7, 11) is -3.89. The Hall–Kier alpha value is -2.09. The van der Waals surface area contributed by atoms with Crippen molar-refractivity contribution in [2.24, 2.45) is 0 Å². The van der Waals surface area contributed by atoms with Crippen LogP contribution in [0.5, 0.6) is 0 Å². The van der Waals surface area contributed by atoms with Crippen molar-refractivity contribution in [3.05, 3.63) is 35.9 Å². The van der Waals surface area contributed by atoms with Gasteiger partial charge in [0.2, 0.25) is 0 Å². The van der Waals surface area contributed by atoms with E-state index in [0.29, 0.717) is 0 Å². The van der Waals surface area contributed by atoms with Gasteiger partial charge in [-0.1, -0.05) is 0 Å². The third-order valence-corrected chi connectivity index (χ3v) is 3.87. The van der Waals surface area contributed by atoms with Crippen molar-refractivity contribution in [2.45, 2.75) is 11.8 Å². The molecule has 0 saturated heterocycles. The third-order valence-electron chi connectivity index (χ3n) is 2.36. The molecule has 1 aromatic heterocycles. The number of H-pyrrole nitrogens is 1. The molecule has 0 radical (unpaired) electrons. The van der Waals surface area contributed by atoms with Gasteiger partial charge in [0.1, 0.15) is 5.82 Å². The zero-order valence-corrected chi connectivity index (χ0v) is 10.3. The lowest BCUT2D eigenvalue weighted by atomic mass is 10.2. The molecule has 0 aliphatic heterocycles. The number of nitrogen functional groups attached to an aromatic ring is 1. The van der Waals surface area contributed by atoms with Crippen LogP contribution in [0.3, 0.4) is 0 Å². The van der Waals surface area contributed by atoms with Gasteiger partial charge >= 0.3 is 0 Å². The SMILES string of the molecule is Cc1c(F)cc(N)cc1S(=O)(=O)Nc1cn[nH]c1. The highest BCUT2D eigenvalue weighted by atomic mass is 32.2. The van der Waals surface area contributed by atoms with E-state index in [1.54, 1.807) is 0 Å². The van der Waals surface area contributed by atoms with Gasteiger partial charge < -0.3 is 5.73 Å². The molecule has 0 bridgehead atoms. The van der Waals surface area contributed by atoms with Crippen molar-refractivity contribution >= 4 is 21.4 Å². The van der Waals surface area contributed by atoms with Crippen LogP contribution >= 0.6 is 0 Å². The van der Waals surface area contributed by atoms with Crippen LogP contribution < -0.4 is 10.5 Å². The molecule has 96 valence electrons. The maximum absolute atomic E-state index is 13.5. The van der Waals surface area contributed by atoms with E-state index in [-0.39, 0.29) is 21.8 Å². The number of nitrogens with one attached hydrogen (secondary N) is 2. The van der Waals surface area contributed by atoms with Crippen molar-refractivity contribution in [1.29, 1.82) is 0 Å². The smallest absolute Gasteiger partial charge is 0.262 e. The Labute approximate surface area is 103 Å². The average Bonchev–Trinajstić information content (AvgIpc) is 2.75. The van der Waals surface area contributed by atoms with Crippen LogP contribution in [0, 0.1) is 12.7 Å². The number of sulfonamides is 1. The van der Waals surface area contributed by atoms with E-state index < -0.39 is 15.8 Å². The van der Waals surface area contributed by atoms with Crippen LogP contribution in [-0.2, 0) is 10.0 Å². The van der Waals surface area contributed by atoms with Crippen LogP contribution in [-0.4, -0.2) is 18.6 Å². The Morgan fingerprint density at radius 1 is 1.44 bits per heavy atom. The van der Waals surface area contributed by atoms with Gasteiger partial charge in [0.05, 0.1) is 16.8 Å². The van der Waals surface area contributed by atoms with Gasteiger partial charge in [-0.25, -0.2) is 12.8 Å². The fourth-order valence-corrected chi connectivity index (χ4v) is 2.79. The molecule has 2 rings (SSSR count). The highest BCUT2D eigenvalue weighted by Gasteiger charge is 2.20. The predicted octanol–water partition coefficient (Wildman–Crippen LogP) is 1.24. The number of hydrogen-bond donors (Lipinski definition) is 3. The second-order valence-electron chi connectivity index (χ2n) is 3.72. The first-order valence-electron chi connectivity index (χ1n) is 4.97. The molecule has 0 aliphatic rings. The summed E-state index contributed by atoms with van der Waals surface area (Å²) < 4.78 is 39.8. The quantitative estimate of drug-likeness (QED) is 0.730. The van der Waals surface area contributed by atoms with Gasteiger partial charge in [0.15, 0.2) is 0 Å². The summed E-state index contributed by atoms with van der Waals surface area (Å²) in [5, 5.41) is 6.07. The van der Waals surface area contributed by atoms with Gasteiger partial charge in [-0.2, -0.15) is 5.10 Å². The molecule has 18 heavy (non-hydrogen) atoms. The molecule has 0 saturated carbocycles. The number of benzene rings is 1. The molecule has 0 amide bonds. The average molecular weight is 270 g/mol. The molecule has 0 spiro atoms. The van der Waals surface area contributed by atoms with Gasteiger partial charge in [0, 0.05) is 17.4 Å². The topological polar surface area (TPSA) is 101 Å². The molecule has 2 aromatic rings. The van der Waals surface area contributed by atoms with E-state index >= 15 is 0 Å². The van der Waals surface area contributed by atoms with Crippen LogP contribution in [0.4, 0.5) is 15.8 Å². The lowest BCUT2D eigenvalue weighted by molar-refractivity contribution is 0.591. The molecule has 0 atom stereocenters. The fourth-order valence-electron chi connectivity index (χ4n) is 1.47. The Bertz CT molecular complexity index is 667. The van der Waals surface area contributed by atoms with E-state index in [9.17, 15) is 12.8 Å². The Kier molecular flexibility index (Phi) is 2.95. The number of hydrogen-bond acceptors (Lipinski definition) is 4. The lowest BCUT2D eigenvalue weighted by Gasteiger charge is -2.10. The predicted molar refractivity (Wildman–Crippen MR) is 64.9 cm³/mol. The maximum Gasteiger partial charge on any atom is 0.262 e. The highest BCUT2D eigenvalue weighted by Crippen LogP contribution is 2.23. The summed E-state index contributed by atoms with van der Waals surface area (Å²) in [6.07, 6.45) is 2.67. The Morgan fingerprint density at radius 2 is 2.17 bits per heavy atom. The van der Waals surface area contributed by atoms with Crippen molar-refractivity contribution in [2.75, 3.05) is 10.5 Å². The molecule has 0 unspecified atom stereocenters. The number of rotatable bonds is 3. The first-order valence-corrected chi connectivity index (χ1v) is 6.45. The number of aromatic amines is 1. The number of nitrogens with two attached hydrogens (primary N) is 1. The normalized spacial score (nSPS) is 11.4. The number of aromatic nitrogens is 2. The zero-order chi connectivity index (χ0) is 13.3. The summed E-state index contributed by atoms with van der Waals surface area (Å²) in [5.41, 5.74) is 5.77. The van der Waals surface area contributed by atoms with Crippen LogP contribution in [0.2, 0.25) is 0 Å². The molecular formula is C10H11FN4O2S. The van der Waals surface area contributed by atoms with Gasteiger partial charge in [-0.3, -0.25) is 9.82 Å². The molecule has 0 fully saturated rings. The van der Waals surface area contributed by atoms with Gasteiger partial charge in [-0.15, -0.1) is 0 Å². The number of anilines is 2. The molecule has 8 heteroatoms. The van der Waals surface area contributed by atoms with Crippen molar-refractivity contribution < 1.29 is 12.8 Å². The summed E-state index contributed by atoms with van der Waals surface area (Å²) in [4.78, 5) is -0.193.